The Balaban J connectivity index is 2.26. The molecule has 3 aromatic rings. The van der Waals surface area contributed by atoms with E-state index in [0.717, 1.165) is 5.56 Å². The van der Waals surface area contributed by atoms with E-state index in [1.54, 1.807) is 35.0 Å². The molecular formula is C16H13F2N3. The highest BCUT2D eigenvalue weighted by molar-refractivity contribution is 5.39. The Morgan fingerprint density at radius 2 is 1.71 bits per heavy atom. The largest absolute Gasteiger partial charge is 0.238 e. The summed E-state index contributed by atoms with van der Waals surface area (Å²) in [5.41, 5.74) is 0.261. The van der Waals surface area contributed by atoms with Crippen LogP contribution in [-0.2, 0) is 5.54 Å². The van der Waals surface area contributed by atoms with Crippen LogP contribution in [0.15, 0.2) is 61.2 Å². The maximum absolute atomic E-state index is 14.3. The maximum Gasteiger partial charge on any atom is 0.137 e. The fourth-order valence-electron chi connectivity index (χ4n) is 2.48. The lowest BCUT2D eigenvalue weighted by Crippen LogP contribution is -2.34. The van der Waals surface area contributed by atoms with E-state index < -0.39 is 5.54 Å². The highest BCUT2D eigenvalue weighted by Crippen LogP contribution is 2.34. The minimum absolute atomic E-state index is 0.340. The SMILES string of the molecule is CC(c1ccc(F)cc1)(c1ccccc1F)n1cncn1. The minimum atomic E-state index is -0.907. The van der Waals surface area contributed by atoms with Crippen molar-refractivity contribution in [3.63, 3.8) is 0 Å². The molecule has 1 heterocycles. The van der Waals surface area contributed by atoms with Crippen molar-refractivity contribution in [2.45, 2.75) is 12.5 Å². The predicted molar refractivity (Wildman–Crippen MR) is 74.7 cm³/mol. The molecule has 3 rings (SSSR count). The molecule has 0 saturated heterocycles. The van der Waals surface area contributed by atoms with E-state index in [-0.39, 0.29) is 11.6 Å². The molecule has 1 unspecified atom stereocenters. The number of halogens is 2. The zero-order valence-corrected chi connectivity index (χ0v) is 11.4. The molecule has 5 heteroatoms. The van der Waals surface area contributed by atoms with Gasteiger partial charge in [0, 0.05) is 5.56 Å². The monoisotopic (exact) mass is 285 g/mol. The lowest BCUT2D eigenvalue weighted by Gasteiger charge is -2.31. The molecule has 21 heavy (non-hydrogen) atoms. The molecule has 0 aliphatic heterocycles. The molecule has 0 saturated carbocycles. The Morgan fingerprint density at radius 1 is 1.00 bits per heavy atom. The highest BCUT2D eigenvalue weighted by atomic mass is 19.1. The summed E-state index contributed by atoms with van der Waals surface area (Å²) in [5, 5.41) is 4.15. The lowest BCUT2D eigenvalue weighted by molar-refractivity contribution is 0.404. The van der Waals surface area contributed by atoms with Crippen LogP contribution in [0.25, 0.3) is 0 Å². The van der Waals surface area contributed by atoms with Crippen LogP contribution in [0.1, 0.15) is 18.1 Å². The van der Waals surface area contributed by atoms with Crippen LogP contribution in [0.2, 0.25) is 0 Å². The van der Waals surface area contributed by atoms with E-state index in [0.29, 0.717) is 5.56 Å². The fraction of sp³-hybridized carbons (Fsp3) is 0.125. The molecule has 1 atom stereocenters. The van der Waals surface area contributed by atoms with Crippen LogP contribution in [0.5, 0.6) is 0 Å². The van der Waals surface area contributed by atoms with Crippen molar-refractivity contribution in [2.75, 3.05) is 0 Å². The van der Waals surface area contributed by atoms with Crippen molar-refractivity contribution in [2.24, 2.45) is 0 Å². The maximum atomic E-state index is 14.3. The molecule has 0 N–H and O–H groups in total. The highest BCUT2D eigenvalue weighted by Gasteiger charge is 2.34. The second kappa shape index (κ2) is 5.09. The van der Waals surface area contributed by atoms with Crippen molar-refractivity contribution in [3.8, 4) is 0 Å². The van der Waals surface area contributed by atoms with Crippen LogP contribution < -0.4 is 0 Å². The van der Waals surface area contributed by atoms with Gasteiger partial charge in [-0.2, -0.15) is 5.10 Å². The first kappa shape index (κ1) is 13.4. The zero-order chi connectivity index (χ0) is 14.9. The van der Waals surface area contributed by atoms with E-state index in [1.807, 2.05) is 6.92 Å². The summed E-state index contributed by atoms with van der Waals surface area (Å²) in [7, 11) is 0. The topological polar surface area (TPSA) is 30.7 Å². The zero-order valence-electron chi connectivity index (χ0n) is 11.4. The number of hydrogen-bond acceptors (Lipinski definition) is 2. The summed E-state index contributed by atoms with van der Waals surface area (Å²) in [5.74, 6) is -0.687. The lowest BCUT2D eigenvalue weighted by atomic mass is 9.84. The molecule has 2 aromatic carbocycles. The molecule has 0 radical (unpaired) electrons. The van der Waals surface area contributed by atoms with Gasteiger partial charge in [0.2, 0.25) is 0 Å². The van der Waals surface area contributed by atoms with Gasteiger partial charge < -0.3 is 0 Å². The number of rotatable bonds is 3. The van der Waals surface area contributed by atoms with Gasteiger partial charge in [0.15, 0.2) is 0 Å². The first-order valence-electron chi connectivity index (χ1n) is 6.48. The van der Waals surface area contributed by atoms with E-state index in [9.17, 15) is 8.78 Å². The number of aromatic nitrogens is 3. The van der Waals surface area contributed by atoms with Crippen molar-refractivity contribution >= 4 is 0 Å². The van der Waals surface area contributed by atoms with Gasteiger partial charge in [-0.3, -0.25) is 0 Å². The first-order chi connectivity index (χ1) is 10.1. The summed E-state index contributed by atoms with van der Waals surface area (Å²) in [6.45, 7) is 1.83. The van der Waals surface area contributed by atoms with Gasteiger partial charge in [-0.25, -0.2) is 18.4 Å². The molecule has 106 valence electrons. The molecule has 1 aromatic heterocycles. The third-order valence-corrected chi connectivity index (χ3v) is 3.68. The summed E-state index contributed by atoms with van der Waals surface area (Å²) in [4.78, 5) is 3.94. The van der Waals surface area contributed by atoms with E-state index in [1.165, 1.54) is 30.9 Å². The number of benzene rings is 2. The summed E-state index contributed by atoms with van der Waals surface area (Å²) in [6.07, 6.45) is 2.92. The fourth-order valence-corrected chi connectivity index (χ4v) is 2.48. The van der Waals surface area contributed by atoms with Crippen molar-refractivity contribution in [1.82, 2.24) is 14.8 Å². The van der Waals surface area contributed by atoms with Gasteiger partial charge in [-0.15, -0.1) is 0 Å². The summed E-state index contributed by atoms with van der Waals surface area (Å²) < 4.78 is 29.1. The molecule has 3 nitrogen and oxygen atoms in total. The van der Waals surface area contributed by atoms with Crippen molar-refractivity contribution in [3.05, 3.63) is 83.9 Å². The molecule has 0 aliphatic rings. The van der Waals surface area contributed by atoms with Gasteiger partial charge in [0.1, 0.15) is 29.8 Å². The van der Waals surface area contributed by atoms with Gasteiger partial charge in [-0.05, 0) is 30.7 Å². The average Bonchev–Trinajstić information content (AvgIpc) is 3.02. The third kappa shape index (κ3) is 2.20. The standard InChI is InChI=1S/C16H13F2N3/c1-16(21-11-19-10-20-21,12-6-8-13(17)9-7-12)14-4-2-3-5-15(14)18/h2-11H,1H3. The Hall–Kier alpha value is -2.56. The number of hydrogen-bond donors (Lipinski definition) is 0. The third-order valence-electron chi connectivity index (χ3n) is 3.68. The van der Waals surface area contributed by atoms with Crippen LogP contribution >= 0.6 is 0 Å². The minimum Gasteiger partial charge on any atom is -0.238 e. The molecule has 0 aliphatic carbocycles. The van der Waals surface area contributed by atoms with E-state index in [2.05, 4.69) is 10.1 Å². The van der Waals surface area contributed by atoms with E-state index in [4.69, 9.17) is 0 Å². The van der Waals surface area contributed by atoms with Crippen LogP contribution in [0, 0.1) is 11.6 Å². The second-order valence-electron chi connectivity index (χ2n) is 4.90. The van der Waals surface area contributed by atoms with Crippen LogP contribution in [0.4, 0.5) is 8.78 Å². The Morgan fingerprint density at radius 3 is 2.33 bits per heavy atom. The summed E-state index contributed by atoms with van der Waals surface area (Å²) >= 11 is 0. The van der Waals surface area contributed by atoms with Crippen molar-refractivity contribution < 1.29 is 8.78 Å². The Kier molecular flexibility index (Phi) is 3.25. The predicted octanol–water partition coefficient (Wildman–Crippen LogP) is 3.37. The van der Waals surface area contributed by atoms with Gasteiger partial charge in [-0.1, -0.05) is 30.3 Å². The Labute approximate surface area is 120 Å². The smallest absolute Gasteiger partial charge is 0.137 e. The average molecular weight is 285 g/mol. The van der Waals surface area contributed by atoms with Crippen LogP contribution in [-0.4, -0.2) is 14.8 Å². The Bertz CT molecular complexity index is 738. The van der Waals surface area contributed by atoms with Gasteiger partial charge >= 0.3 is 0 Å². The van der Waals surface area contributed by atoms with Gasteiger partial charge in [0.25, 0.3) is 0 Å². The second-order valence-corrected chi connectivity index (χ2v) is 4.90. The first-order valence-corrected chi connectivity index (χ1v) is 6.48. The normalized spacial score (nSPS) is 13.9. The van der Waals surface area contributed by atoms with Crippen LogP contribution in [0.3, 0.4) is 0 Å². The number of nitrogens with zero attached hydrogens (tertiary/aromatic N) is 3. The quantitative estimate of drug-likeness (QED) is 0.738. The summed E-state index contributed by atoms with van der Waals surface area (Å²) in [6, 6.07) is 12.4. The molecular weight excluding hydrogens is 272 g/mol. The van der Waals surface area contributed by atoms with Crippen molar-refractivity contribution in [1.29, 1.82) is 0 Å². The van der Waals surface area contributed by atoms with E-state index >= 15 is 0 Å². The van der Waals surface area contributed by atoms with Gasteiger partial charge in [0.05, 0.1) is 0 Å². The molecule has 0 bridgehead atoms. The molecule has 0 spiro atoms. The molecule has 0 fully saturated rings. The molecule has 0 amide bonds.